The Kier molecular flexibility index (Phi) is 5.88. The fourth-order valence-corrected chi connectivity index (χ4v) is 1.51. The first-order valence-corrected chi connectivity index (χ1v) is 6.29. The minimum absolute atomic E-state index is 0.163. The molecule has 0 saturated heterocycles. The summed E-state index contributed by atoms with van der Waals surface area (Å²) >= 11 is 0. The van der Waals surface area contributed by atoms with E-state index in [1.165, 1.54) is 0 Å². The number of ether oxygens (including phenoxy) is 1. The van der Waals surface area contributed by atoms with E-state index in [2.05, 4.69) is 10.3 Å². The third-order valence-electron chi connectivity index (χ3n) is 2.90. The predicted molar refractivity (Wildman–Crippen MR) is 70.8 cm³/mol. The van der Waals surface area contributed by atoms with Crippen LogP contribution in [-0.4, -0.2) is 40.6 Å². The van der Waals surface area contributed by atoms with Gasteiger partial charge in [-0.3, -0.25) is 0 Å². The maximum Gasteiger partial charge on any atom is 0.169 e. The van der Waals surface area contributed by atoms with Crippen LogP contribution in [0.15, 0.2) is 18.3 Å². The second-order valence-corrected chi connectivity index (χ2v) is 4.27. The molecule has 1 heterocycles. The molecular formula is C13H22N2O3. The van der Waals surface area contributed by atoms with Gasteiger partial charge >= 0.3 is 0 Å². The van der Waals surface area contributed by atoms with Gasteiger partial charge in [0.05, 0.1) is 25.4 Å². The SMILES string of the molecule is CCCOc1cccnc1NC(CC)(CO)CO. The maximum atomic E-state index is 9.41. The van der Waals surface area contributed by atoms with Crippen LogP contribution in [0.1, 0.15) is 26.7 Å². The summed E-state index contributed by atoms with van der Waals surface area (Å²) in [6.07, 6.45) is 3.15. The highest BCUT2D eigenvalue weighted by molar-refractivity contribution is 5.51. The number of aliphatic hydroxyl groups is 2. The molecule has 0 aliphatic rings. The van der Waals surface area contributed by atoms with Gasteiger partial charge in [0.25, 0.3) is 0 Å². The van der Waals surface area contributed by atoms with Gasteiger partial charge in [-0.15, -0.1) is 0 Å². The number of pyridine rings is 1. The number of nitrogens with one attached hydrogen (secondary N) is 1. The van der Waals surface area contributed by atoms with Gasteiger partial charge in [-0.25, -0.2) is 4.98 Å². The lowest BCUT2D eigenvalue weighted by molar-refractivity contribution is 0.132. The van der Waals surface area contributed by atoms with Crippen molar-refractivity contribution >= 4 is 5.82 Å². The predicted octanol–water partition coefficient (Wildman–Crippen LogP) is 1.42. The molecule has 1 aromatic rings. The normalized spacial score (nSPS) is 11.3. The van der Waals surface area contributed by atoms with Gasteiger partial charge in [-0.05, 0) is 25.0 Å². The van der Waals surface area contributed by atoms with Gasteiger partial charge in [-0.1, -0.05) is 13.8 Å². The number of aromatic nitrogens is 1. The van der Waals surface area contributed by atoms with Gasteiger partial charge in [0.2, 0.25) is 0 Å². The van der Waals surface area contributed by atoms with Crippen molar-refractivity contribution in [2.45, 2.75) is 32.2 Å². The first-order chi connectivity index (χ1) is 8.71. The molecule has 0 aliphatic carbocycles. The summed E-state index contributed by atoms with van der Waals surface area (Å²) in [4.78, 5) is 4.20. The minimum Gasteiger partial charge on any atom is -0.490 e. The Balaban J connectivity index is 2.88. The van der Waals surface area contributed by atoms with Crippen LogP contribution in [0.3, 0.4) is 0 Å². The standard InChI is InChI=1S/C13H22N2O3/c1-3-8-18-11-6-5-7-14-12(11)15-13(4-2,9-16)10-17/h5-7,16-17H,3-4,8-10H2,1-2H3,(H,14,15). The number of anilines is 1. The minimum atomic E-state index is -0.765. The number of hydrogen-bond donors (Lipinski definition) is 3. The smallest absolute Gasteiger partial charge is 0.169 e. The Morgan fingerprint density at radius 3 is 2.61 bits per heavy atom. The number of hydrogen-bond acceptors (Lipinski definition) is 5. The number of nitrogens with zero attached hydrogens (tertiary/aromatic N) is 1. The van der Waals surface area contributed by atoms with E-state index in [0.717, 1.165) is 6.42 Å². The van der Waals surface area contributed by atoms with Crippen molar-refractivity contribution < 1.29 is 14.9 Å². The first kappa shape index (κ1) is 14.7. The maximum absolute atomic E-state index is 9.41. The highest BCUT2D eigenvalue weighted by Gasteiger charge is 2.27. The average molecular weight is 254 g/mol. The molecule has 0 aromatic carbocycles. The van der Waals surface area contributed by atoms with Crippen LogP contribution < -0.4 is 10.1 Å². The van der Waals surface area contributed by atoms with Crippen molar-refractivity contribution in [3.8, 4) is 5.75 Å². The van der Waals surface area contributed by atoms with E-state index >= 15 is 0 Å². The monoisotopic (exact) mass is 254 g/mol. The van der Waals surface area contributed by atoms with Gasteiger partial charge in [0, 0.05) is 6.20 Å². The van der Waals surface area contributed by atoms with Crippen molar-refractivity contribution in [2.75, 3.05) is 25.1 Å². The van der Waals surface area contributed by atoms with Crippen molar-refractivity contribution in [1.82, 2.24) is 4.98 Å². The Morgan fingerprint density at radius 2 is 2.06 bits per heavy atom. The molecule has 0 bridgehead atoms. The molecule has 0 radical (unpaired) electrons. The average Bonchev–Trinajstić information content (AvgIpc) is 2.44. The van der Waals surface area contributed by atoms with E-state index < -0.39 is 5.54 Å². The highest BCUT2D eigenvalue weighted by Crippen LogP contribution is 2.25. The largest absolute Gasteiger partial charge is 0.490 e. The third kappa shape index (κ3) is 3.58. The lowest BCUT2D eigenvalue weighted by Gasteiger charge is -2.30. The van der Waals surface area contributed by atoms with E-state index in [4.69, 9.17) is 4.74 Å². The molecule has 0 saturated carbocycles. The van der Waals surface area contributed by atoms with E-state index in [1.54, 1.807) is 12.3 Å². The molecule has 0 aliphatic heterocycles. The molecule has 0 amide bonds. The van der Waals surface area contributed by atoms with Gasteiger partial charge in [0.1, 0.15) is 0 Å². The van der Waals surface area contributed by atoms with Crippen molar-refractivity contribution in [3.05, 3.63) is 18.3 Å². The topological polar surface area (TPSA) is 74.6 Å². The summed E-state index contributed by atoms with van der Waals surface area (Å²) in [6.45, 7) is 4.21. The van der Waals surface area contributed by atoms with Gasteiger partial charge in [0.15, 0.2) is 11.6 Å². The highest BCUT2D eigenvalue weighted by atomic mass is 16.5. The molecule has 5 nitrogen and oxygen atoms in total. The summed E-state index contributed by atoms with van der Waals surface area (Å²) < 4.78 is 5.58. The molecule has 18 heavy (non-hydrogen) atoms. The molecule has 5 heteroatoms. The first-order valence-electron chi connectivity index (χ1n) is 6.29. The summed E-state index contributed by atoms with van der Waals surface area (Å²) in [5.74, 6) is 1.19. The zero-order valence-corrected chi connectivity index (χ0v) is 11.0. The van der Waals surface area contributed by atoms with E-state index in [1.807, 2.05) is 19.9 Å². The number of rotatable bonds is 8. The van der Waals surface area contributed by atoms with Crippen molar-refractivity contribution in [2.24, 2.45) is 0 Å². The van der Waals surface area contributed by atoms with Crippen molar-refractivity contribution in [1.29, 1.82) is 0 Å². The van der Waals surface area contributed by atoms with Gasteiger partial charge < -0.3 is 20.3 Å². The van der Waals surface area contributed by atoms with Crippen LogP contribution in [0, 0.1) is 0 Å². The summed E-state index contributed by atoms with van der Waals surface area (Å²) in [7, 11) is 0. The molecule has 0 fully saturated rings. The van der Waals surface area contributed by atoms with E-state index in [-0.39, 0.29) is 13.2 Å². The summed E-state index contributed by atoms with van der Waals surface area (Å²) in [5, 5.41) is 21.9. The molecule has 3 N–H and O–H groups in total. The van der Waals surface area contributed by atoms with Crippen LogP contribution in [-0.2, 0) is 0 Å². The molecule has 0 unspecified atom stereocenters. The molecule has 0 atom stereocenters. The third-order valence-corrected chi connectivity index (χ3v) is 2.90. The summed E-state index contributed by atoms with van der Waals surface area (Å²) in [6, 6.07) is 3.61. The fourth-order valence-electron chi connectivity index (χ4n) is 1.51. The zero-order chi connectivity index (χ0) is 13.4. The fraction of sp³-hybridized carbons (Fsp3) is 0.615. The Hall–Kier alpha value is -1.33. The van der Waals surface area contributed by atoms with Crippen LogP contribution in [0.2, 0.25) is 0 Å². The van der Waals surface area contributed by atoms with Crippen LogP contribution in [0.4, 0.5) is 5.82 Å². The van der Waals surface area contributed by atoms with Crippen LogP contribution in [0.25, 0.3) is 0 Å². The molecule has 1 rings (SSSR count). The Morgan fingerprint density at radius 1 is 1.33 bits per heavy atom. The van der Waals surface area contributed by atoms with Crippen LogP contribution in [0.5, 0.6) is 5.75 Å². The van der Waals surface area contributed by atoms with Crippen molar-refractivity contribution in [3.63, 3.8) is 0 Å². The molecule has 102 valence electrons. The van der Waals surface area contributed by atoms with Gasteiger partial charge in [-0.2, -0.15) is 0 Å². The second-order valence-electron chi connectivity index (χ2n) is 4.27. The lowest BCUT2D eigenvalue weighted by Crippen LogP contribution is -2.45. The quantitative estimate of drug-likeness (QED) is 0.654. The van der Waals surface area contributed by atoms with E-state index in [9.17, 15) is 10.2 Å². The molecular weight excluding hydrogens is 232 g/mol. The summed E-state index contributed by atoms with van der Waals surface area (Å²) in [5.41, 5.74) is -0.765. The van der Waals surface area contributed by atoms with E-state index in [0.29, 0.717) is 24.6 Å². The Bertz CT molecular complexity index is 346. The number of aliphatic hydroxyl groups excluding tert-OH is 2. The van der Waals surface area contributed by atoms with Crippen LogP contribution >= 0.6 is 0 Å². The lowest BCUT2D eigenvalue weighted by atomic mass is 9.98. The Labute approximate surface area is 108 Å². The molecule has 1 aromatic heterocycles. The second kappa shape index (κ2) is 7.18. The zero-order valence-electron chi connectivity index (χ0n) is 11.0. The molecule has 0 spiro atoms.